The summed E-state index contributed by atoms with van der Waals surface area (Å²) in [7, 11) is 0. The molecule has 0 aliphatic rings. The SMILES string of the molecule is CCOc1cc(/C=N\NC(=O)c2cc3ccccc3cc2O)ccc1OC(=O)c1ccccc1Cl. The highest BCUT2D eigenvalue weighted by molar-refractivity contribution is 6.33. The van der Waals surface area contributed by atoms with E-state index in [4.69, 9.17) is 21.1 Å². The molecule has 4 rings (SSSR count). The van der Waals surface area contributed by atoms with Gasteiger partial charge in [0.2, 0.25) is 0 Å². The maximum atomic E-state index is 12.5. The number of nitrogens with zero attached hydrogens (tertiary/aromatic N) is 1. The maximum absolute atomic E-state index is 12.5. The van der Waals surface area contributed by atoms with Gasteiger partial charge in [-0.25, -0.2) is 10.2 Å². The number of phenols is 1. The van der Waals surface area contributed by atoms with E-state index in [2.05, 4.69) is 10.5 Å². The van der Waals surface area contributed by atoms with Crippen LogP contribution in [0.3, 0.4) is 0 Å². The van der Waals surface area contributed by atoms with Gasteiger partial charge in [-0.1, -0.05) is 48.0 Å². The van der Waals surface area contributed by atoms with Crippen LogP contribution in [0.15, 0.2) is 84.0 Å². The van der Waals surface area contributed by atoms with Crippen LogP contribution in [0.25, 0.3) is 10.8 Å². The second-order valence-corrected chi connectivity index (χ2v) is 7.83. The summed E-state index contributed by atoms with van der Waals surface area (Å²) in [6.07, 6.45) is 1.41. The fraction of sp³-hybridized carbons (Fsp3) is 0.0741. The fourth-order valence-corrected chi connectivity index (χ4v) is 3.59. The van der Waals surface area contributed by atoms with Crippen LogP contribution in [0, 0.1) is 0 Å². The van der Waals surface area contributed by atoms with E-state index in [1.54, 1.807) is 55.5 Å². The zero-order valence-corrected chi connectivity index (χ0v) is 19.5. The van der Waals surface area contributed by atoms with Crippen LogP contribution in [0.5, 0.6) is 17.2 Å². The predicted molar refractivity (Wildman–Crippen MR) is 135 cm³/mol. The second kappa shape index (κ2) is 10.7. The van der Waals surface area contributed by atoms with Crippen molar-refractivity contribution in [3.63, 3.8) is 0 Å². The number of halogens is 1. The van der Waals surface area contributed by atoms with Gasteiger partial charge in [0.25, 0.3) is 5.91 Å². The molecule has 0 spiro atoms. The molecule has 4 aromatic rings. The third-order valence-electron chi connectivity index (χ3n) is 5.05. The summed E-state index contributed by atoms with van der Waals surface area (Å²) in [6, 6.07) is 22.0. The second-order valence-electron chi connectivity index (χ2n) is 7.42. The van der Waals surface area contributed by atoms with E-state index < -0.39 is 11.9 Å². The summed E-state index contributed by atoms with van der Waals surface area (Å²) in [4.78, 5) is 25.0. The quantitative estimate of drug-likeness (QED) is 0.153. The van der Waals surface area contributed by atoms with Gasteiger partial charge in [0, 0.05) is 0 Å². The minimum atomic E-state index is -0.611. The maximum Gasteiger partial charge on any atom is 0.345 e. The summed E-state index contributed by atoms with van der Waals surface area (Å²) in [5.41, 5.74) is 3.35. The molecule has 176 valence electrons. The van der Waals surface area contributed by atoms with Gasteiger partial charge in [-0.15, -0.1) is 0 Å². The Balaban J connectivity index is 1.48. The molecular weight excluding hydrogens is 468 g/mol. The van der Waals surface area contributed by atoms with E-state index in [1.165, 1.54) is 12.3 Å². The molecule has 0 aliphatic heterocycles. The van der Waals surface area contributed by atoms with Gasteiger partial charge in [-0.2, -0.15) is 5.10 Å². The molecule has 0 atom stereocenters. The molecule has 2 N–H and O–H groups in total. The number of aromatic hydroxyl groups is 1. The minimum Gasteiger partial charge on any atom is -0.507 e. The molecule has 0 saturated carbocycles. The fourth-order valence-electron chi connectivity index (χ4n) is 3.37. The first-order valence-corrected chi connectivity index (χ1v) is 11.1. The van der Waals surface area contributed by atoms with Gasteiger partial charge in [0.15, 0.2) is 11.5 Å². The van der Waals surface area contributed by atoms with Crippen LogP contribution in [0.1, 0.15) is 33.2 Å². The highest BCUT2D eigenvalue weighted by Crippen LogP contribution is 2.30. The molecule has 4 aromatic carbocycles. The van der Waals surface area contributed by atoms with Crippen LogP contribution in [0.2, 0.25) is 5.02 Å². The lowest BCUT2D eigenvalue weighted by molar-refractivity contribution is 0.0728. The number of amides is 1. The van der Waals surface area contributed by atoms with Crippen LogP contribution < -0.4 is 14.9 Å². The van der Waals surface area contributed by atoms with Crippen LogP contribution in [-0.2, 0) is 0 Å². The highest BCUT2D eigenvalue weighted by atomic mass is 35.5. The number of ether oxygens (including phenoxy) is 2. The molecule has 8 heteroatoms. The number of hydrogen-bond acceptors (Lipinski definition) is 6. The molecule has 0 saturated heterocycles. The van der Waals surface area contributed by atoms with Gasteiger partial charge in [-0.3, -0.25) is 4.79 Å². The molecule has 0 heterocycles. The Morgan fingerprint density at radius 2 is 1.66 bits per heavy atom. The molecule has 0 bridgehead atoms. The Bertz CT molecular complexity index is 1430. The molecule has 0 fully saturated rings. The molecular formula is C27H21ClN2O5. The number of fused-ring (bicyclic) bond motifs is 1. The van der Waals surface area contributed by atoms with Crippen molar-refractivity contribution in [3.05, 3.63) is 101 Å². The average molecular weight is 489 g/mol. The normalized spacial score (nSPS) is 10.9. The largest absolute Gasteiger partial charge is 0.507 e. The number of esters is 1. The van der Waals surface area contributed by atoms with Gasteiger partial charge >= 0.3 is 5.97 Å². The Morgan fingerprint density at radius 1 is 0.943 bits per heavy atom. The van der Waals surface area contributed by atoms with Crippen molar-refractivity contribution in [2.24, 2.45) is 5.10 Å². The first kappa shape index (κ1) is 23.8. The van der Waals surface area contributed by atoms with E-state index in [9.17, 15) is 14.7 Å². The molecule has 0 aliphatic carbocycles. The molecule has 0 radical (unpaired) electrons. The average Bonchev–Trinajstić information content (AvgIpc) is 2.85. The lowest BCUT2D eigenvalue weighted by atomic mass is 10.1. The standard InChI is InChI=1S/C27H21ClN2O5/c1-2-34-25-13-17(11-12-24(25)35-27(33)20-9-5-6-10-22(20)28)16-29-30-26(32)21-14-18-7-3-4-8-19(18)15-23(21)31/h3-16,31H,2H2,1H3,(H,30,32)/b29-16-. The number of hydrazone groups is 1. The zero-order chi connectivity index (χ0) is 24.8. The predicted octanol–water partition coefficient (Wildman–Crippen LogP) is 5.58. The Morgan fingerprint density at radius 3 is 2.40 bits per heavy atom. The Hall–Kier alpha value is -4.36. The Kier molecular flexibility index (Phi) is 7.28. The van der Waals surface area contributed by atoms with Crippen molar-refractivity contribution in [1.82, 2.24) is 5.43 Å². The topological polar surface area (TPSA) is 97.2 Å². The number of hydrogen-bond donors (Lipinski definition) is 2. The number of carbonyl (C=O) groups is 2. The van der Waals surface area contributed by atoms with Gasteiger partial charge < -0.3 is 14.6 Å². The van der Waals surface area contributed by atoms with Crippen LogP contribution in [-0.4, -0.2) is 29.8 Å². The first-order valence-electron chi connectivity index (χ1n) is 10.7. The number of rotatable bonds is 7. The molecule has 35 heavy (non-hydrogen) atoms. The van der Waals surface area contributed by atoms with E-state index in [1.807, 2.05) is 24.3 Å². The molecule has 0 aromatic heterocycles. The Labute approximate surface area is 206 Å². The smallest absolute Gasteiger partial charge is 0.345 e. The molecule has 1 amide bonds. The third kappa shape index (κ3) is 5.59. The van der Waals surface area contributed by atoms with Crippen molar-refractivity contribution >= 4 is 40.5 Å². The van der Waals surface area contributed by atoms with Crippen LogP contribution in [0.4, 0.5) is 0 Å². The van der Waals surface area contributed by atoms with E-state index >= 15 is 0 Å². The lowest BCUT2D eigenvalue weighted by Gasteiger charge is -2.12. The highest BCUT2D eigenvalue weighted by Gasteiger charge is 2.16. The summed E-state index contributed by atoms with van der Waals surface area (Å²) >= 11 is 6.08. The van der Waals surface area contributed by atoms with Gasteiger partial charge in [-0.05, 0) is 65.7 Å². The van der Waals surface area contributed by atoms with Crippen molar-refractivity contribution in [2.45, 2.75) is 6.92 Å². The first-order chi connectivity index (χ1) is 17.0. The molecule has 0 unspecified atom stereocenters. The van der Waals surface area contributed by atoms with Crippen molar-refractivity contribution in [2.75, 3.05) is 6.61 Å². The van der Waals surface area contributed by atoms with Crippen molar-refractivity contribution in [1.29, 1.82) is 0 Å². The number of nitrogens with one attached hydrogen (secondary N) is 1. The molecule has 7 nitrogen and oxygen atoms in total. The minimum absolute atomic E-state index is 0.109. The lowest BCUT2D eigenvalue weighted by Crippen LogP contribution is -2.17. The van der Waals surface area contributed by atoms with Crippen LogP contribution >= 0.6 is 11.6 Å². The van der Waals surface area contributed by atoms with Crippen molar-refractivity contribution in [3.8, 4) is 17.2 Å². The third-order valence-corrected chi connectivity index (χ3v) is 5.38. The van der Waals surface area contributed by atoms with E-state index in [0.29, 0.717) is 17.9 Å². The van der Waals surface area contributed by atoms with E-state index in [0.717, 1.165) is 10.8 Å². The number of benzene rings is 4. The summed E-state index contributed by atoms with van der Waals surface area (Å²) in [5.74, 6) is -0.755. The zero-order valence-electron chi connectivity index (χ0n) is 18.7. The van der Waals surface area contributed by atoms with Gasteiger partial charge in [0.1, 0.15) is 5.75 Å². The summed E-state index contributed by atoms with van der Waals surface area (Å²) < 4.78 is 11.1. The van der Waals surface area contributed by atoms with Crippen molar-refractivity contribution < 1.29 is 24.2 Å². The summed E-state index contributed by atoms with van der Waals surface area (Å²) in [6.45, 7) is 2.14. The summed E-state index contributed by atoms with van der Waals surface area (Å²) in [5, 5.41) is 16.1. The number of carbonyl (C=O) groups excluding carboxylic acids is 2. The van der Waals surface area contributed by atoms with Gasteiger partial charge in [0.05, 0.1) is 29.0 Å². The monoisotopic (exact) mass is 488 g/mol. The number of phenolic OH excluding ortho intramolecular Hbond substituents is 1. The van der Waals surface area contributed by atoms with E-state index in [-0.39, 0.29) is 27.6 Å².